The van der Waals surface area contributed by atoms with E-state index < -0.39 is 7.26 Å². The molecule has 0 aliphatic heterocycles. The third-order valence-electron chi connectivity index (χ3n) is 1.20. The van der Waals surface area contributed by atoms with Crippen LogP contribution in [0.2, 0.25) is 0 Å². The Morgan fingerprint density at radius 3 is 0.833 bits per heavy atom. The smallest absolute Gasteiger partial charge is 0.161 e. The number of aliphatic hydroxyl groups excluding tert-OH is 4. The van der Waals surface area contributed by atoms with E-state index in [9.17, 15) is 0 Å². The third kappa shape index (κ3) is 6.93. The van der Waals surface area contributed by atoms with E-state index in [4.69, 9.17) is 20.4 Å². The molecule has 0 radical (unpaired) electrons. The molecule has 0 rings (SSSR count). The van der Waals surface area contributed by atoms with Gasteiger partial charge in [-0.25, -0.2) is 0 Å². The van der Waals surface area contributed by atoms with Gasteiger partial charge in [-0.2, -0.15) is 0 Å². The summed E-state index contributed by atoms with van der Waals surface area (Å²) < 4.78 is 0. The Labute approximate surface area is 97.3 Å². The van der Waals surface area contributed by atoms with E-state index in [0.717, 1.165) is 0 Å². The number of hydrogen-bond donors (Lipinski definition) is 4. The van der Waals surface area contributed by atoms with Gasteiger partial charge in [0.15, 0.2) is 25.4 Å². The second-order valence-electron chi connectivity index (χ2n) is 1.91. The minimum atomic E-state index is -2.20. The second kappa shape index (κ2) is 12.5. The zero-order chi connectivity index (χ0) is 7.33. The SMILES string of the molecule is OC[P+](CO)(CO)CO.[Cl-].[Cl-].[Zn]. The predicted molar refractivity (Wildman–Crippen MR) is 35.3 cm³/mol. The number of hydrogen-bond acceptors (Lipinski definition) is 4. The molecule has 0 amide bonds. The Hall–Kier alpha value is 1.47. The molecule has 12 heavy (non-hydrogen) atoms. The van der Waals surface area contributed by atoms with E-state index in [2.05, 4.69) is 0 Å². The Morgan fingerprint density at radius 2 is 0.833 bits per heavy atom. The standard InChI is InChI=1S/C4H12O4P.2ClH.Zn/c5-1-9(2-6,3-7)4-8;;;/h5-8H,1-4H2;2*1H;/q+1;;;/p-2. The molecule has 0 saturated carbocycles. The van der Waals surface area contributed by atoms with Gasteiger partial charge in [-0.05, 0) is 0 Å². The Balaban J connectivity index is -0.000000107. The van der Waals surface area contributed by atoms with Gasteiger partial charge < -0.3 is 45.2 Å². The summed E-state index contributed by atoms with van der Waals surface area (Å²) in [4.78, 5) is 0. The normalized spacial score (nSPS) is 9.00. The van der Waals surface area contributed by atoms with Crippen LogP contribution >= 0.6 is 7.26 Å². The van der Waals surface area contributed by atoms with Gasteiger partial charge in [0, 0.05) is 19.5 Å². The first-order valence-corrected chi connectivity index (χ1v) is 5.06. The molecular formula is C4H12Cl2O4PZn-. The molecule has 0 heterocycles. The number of rotatable bonds is 4. The van der Waals surface area contributed by atoms with Crippen molar-refractivity contribution in [1.82, 2.24) is 0 Å². The van der Waals surface area contributed by atoms with Crippen LogP contribution in [0.3, 0.4) is 0 Å². The van der Waals surface area contributed by atoms with Crippen LogP contribution in [0, 0.1) is 0 Å². The minimum absolute atomic E-state index is 0. The molecule has 0 aromatic heterocycles. The van der Waals surface area contributed by atoms with Crippen LogP contribution in [0.25, 0.3) is 0 Å². The van der Waals surface area contributed by atoms with E-state index in [1.54, 1.807) is 0 Å². The maximum Gasteiger partial charge on any atom is 0.161 e. The fraction of sp³-hybridized carbons (Fsp3) is 1.00. The Bertz CT molecular complexity index is 67.9. The van der Waals surface area contributed by atoms with Crippen molar-refractivity contribution in [2.45, 2.75) is 0 Å². The molecule has 0 saturated heterocycles. The molecule has 0 atom stereocenters. The van der Waals surface area contributed by atoms with Gasteiger partial charge in [-0.3, -0.25) is 0 Å². The first kappa shape index (κ1) is 23.4. The fourth-order valence-corrected chi connectivity index (χ4v) is 0.805. The van der Waals surface area contributed by atoms with Crippen LogP contribution in [0.4, 0.5) is 0 Å². The molecule has 0 bridgehead atoms. The van der Waals surface area contributed by atoms with Gasteiger partial charge in [-0.1, -0.05) is 0 Å². The molecule has 0 unspecified atom stereocenters. The molecule has 4 nitrogen and oxygen atoms in total. The molecule has 0 aliphatic rings. The summed E-state index contributed by atoms with van der Waals surface area (Å²) >= 11 is 0. The monoisotopic (exact) mass is 289 g/mol. The van der Waals surface area contributed by atoms with Gasteiger partial charge >= 0.3 is 0 Å². The topological polar surface area (TPSA) is 80.9 Å². The first-order valence-electron chi connectivity index (χ1n) is 2.53. The summed E-state index contributed by atoms with van der Waals surface area (Å²) in [6, 6.07) is 0. The van der Waals surface area contributed by atoms with Crippen LogP contribution in [0.15, 0.2) is 0 Å². The van der Waals surface area contributed by atoms with Gasteiger partial charge in [0.1, 0.15) is 7.26 Å². The quantitative estimate of drug-likeness (QED) is 0.306. The first-order chi connectivity index (χ1) is 4.24. The molecule has 74 valence electrons. The van der Waals surface area contributed by atoms with Crippen molar-refractivity contribution in [2.75, 3.05) is 25.4 Å². The molecule has 8 heteroatoms. The molecular weight excluding hydrogens is 279 g/mol. The van der Waals surface area contributed by atoms with E-state index in [1.165, 1.54) is 0 Å². The Morgan fingerprint density at radius 1 is 0.667 bits per heavy atom. The van der Waals surface area contributed by atoms with Gasteiger partial charge in [0.05, 0.1) is 0 Å². The van der Waals surface area contributed by atoms with E-state index in [-0.39, 0.29) is 69.7 Å². The number of halogens is 2. The molecule has 4 N–H and O–H groups in total. The van der Waals surface area contributed by atoms with Crippen molar-refractivity contribution in [3.05, 3.63) is 0 Å². The zero-order valence-electron chi connectivity index (χ0n) is 6.53. The van der Waals surface area contributed by atoms with Crippen LogP contribution in [0.1, 0.15) is 0 Å². The molecule has 0 aliphatic carbocycles. The largest absolute Gasteiger partial charge is 1.00 e. The van der Waals surface area contributed by atoms with Gasteiger partial charge in [0.25, 0.3) is 0 Å². The molecule has 0 fully saturated rings. The van der Waals surface area contributed by atoms with Gasteiger partial charge in [-0.15, -0.1) is 0 Å². The van der Waals surface area contributed by atoms with Crippen LogP contribution in [0.5, 0.6) is 0 Å². The zero-order valence-corrected chi connectivity index (χ0v) is 11.9. The Kier molecular flexibility index (Phi) is 24.3. The van der Waals surface area contributed by atoms with Gasteiger partial charge in [0.2, 0.25) is 0 Å². The maximum atomic E-state index is 8.55. The van der Waals surface area contributed by atoms with Crippen LogP contribution < -0.4 is 24.8 Å². The van der Waals surface area contributed by atoms with Crippen molar-refractivity contribution < 1.29 is 64.7 Å². The average molecular weight is 291 g/mol. The molecule has 0 aromatic carbocycles. The van der Waals surface area contributed by atoms with E-state index in [0.29, 0.717) is 0 Å². The van der Waals surface area contributed by atoms with E-state index in [1.807, 2.05) is 0 Å². The summed E-state index contributed by atoms with van der Waals surface area (Å²) in [6.07, 6.45) is -1.18. The van der Waals surface area contributed by atoms with Crippen molar-refractivity contribution in [2.24, 2.45) is 0 Å². The summed E-state index contributed by atoms with van der Waals surface area (Å²) in [5.74, 6) is 0. The molecule has 0 spiro atoms. The molecule has 0 aromatic rings. The van der Waals surface area contributed by atoms with Crippen LogP contribution in [-0.2, 0) is 19.5 Å². The summed E-state index contributed by atoms with van der Waals surface area (Å²) in [7, 11) is -2.20. The van der Waals surface area contributed by atoms with Crippen molar-refractivity contribution in [1.29, 1.82) is 0 Å². The summed E-state index contributed by atoms with van der Waals surface area (Å²) in [5, 5.41) is 34.2. The van der Waals surface area contributed by atoms with E-state index >= 15 is 0 Å². The number of aliphatic hydroxyl groups is 4. The van der Waals surface area contributed by atoms with Crippen molar-refractivity contribution in [3.63, 3.8) is 0 Å². The fourth-order valence-electron chi connectivity index (χ4n) is 0.268. The van der Waals surface area contributed by atoms with Crippen molar-refractivity contribution in [3.8, 4) is 0 Å². The summed E-state index contributed by atoms with van der Waals surface area (Å²) in [6.45, 7) is 0. The predicted octanol–water partition coefficient (Wildman–Crippen LogP) is -7.19. The third-order valence-corrected chi connectivity index (χ3v) is 3.60. The second-order valence-corrected chi connectivity index (χ2v) is 5.72. The summed E-state index contributed by atoms with van der Waals surface area (Å²) in [5.41, 5.74) is 0. The van der Waals surface area contributed by atoms with Crippen LogP contribution in [-0.4, -0.2) is 45.8 Å². The minimum Gasteiger partial charge on any atom is -1.00 e. The van der Waals surface area contributed by atoms with Crippen molar-refractivity contribution >= 4 is 7.26 Å². The average Bonchev–Trinajstić information content (AvgIpc) is 1.95. The maximum absolute atomic E-state index is 8.55.